The highest BCUT2D eigenvalue weighted by Gasteiger charge is 2.51. The first-order valence-electron chi connectivity index (χ1n) is 14.6. The van der Waals surface area contributed by atoms with E-state index in [1.807, 2.05) is 0 Å². The van der Waals surface area contributed by atoms with Crippen molar-refractivity contribution in [2.24, 2.45) is 23.2 Å². The molecule has 4 aliphatic heterocycles. The summed E-state index contributed by atoms with van der Waals surface area (Å²) < 4.78 is 17.4. The van der Waals surface area contributed by atoms with Gasteiger partial charge < -0.3 is 24.4 Å². The van der Waals surface area contributed by atoms with Crippen LogP contribution in [0.1, 0.15) is 84.0 Å². The second kappa shape index (κ2) is 10.0. The van der Waals surface area contributed by atoms with Crippen LogP contribution in [0.4, 0.5) is 0 Å². The first kappa shape index (κ1) is 25.4. The molecule has 6 aliphatic rings. The summed E-state index contributed by atoms with van der Waals surface area (Å²) >= 11 is 0. The quantitative estimate of drug-likeness (QED) is 0.522. The van der Waals surface area contributed by atoms with E-state index >= 15 is 0 Å². The predicted octanol–water partition coefficient (Wildman–Crippen LogP) is 4.55. The highest BCUT2D eigenvalue weighted by Crippen LogP contribution is 2.56. The number of methoxy groups -OCH3 is 1. The second-order valence-electron chi connectivity index (χ2n) is 12.3. The van der Waals surface area contributed by atoms with Crippen molar-refractivity contribution in [2.45, 2.75) is 102 Å². The fourth-order valence-electron chi connectivity index (χ4n) is 8.96. The normalized spacial score (nSPS) is 38.2. The summed E-state index contributed by atoms with van der Waals surface area (Å²) in [5.41, 5.74) is 0.646. The number of hydrogen-bond donors (Lipinski definition) is 2. The topological polar surface area (TPSA) is 88.5 Å². The smallest absolute Gasteiger partial charge is 0.345 e. The molecule has 0 aromatic rings. The number of aliphatic hydroxyl groups is 2. The van der Waals surface area contributed by atoms with E-state index in [4.69, 9.17) is 14.2 Å². The number of aliphatic hydroxyl groups excluding tert-OH is 2. The van der Waals surface area contributed by atoms with Gasteiger partial charge in [0.25, 0.3) is 0 Å². The van der Waals surface area contributed by atoms with E-state index in [2.05, 4.69) is 17.9 Å². The van der Waals surface area contributed by atoms with Crippen LogP contribution in [0.5, 0.6) is 0 Å². The van der Waals surface area contributed by atoms with E-state index in [-0.39, 0.29) is 41.4 Å². The lowest BCUT2D eigenvalue weighted by Gasteiger charge is -2.47. The third-order valence-corrected chi connectivity index (χ3v) is 10.7. The minimum absolute atomic E-state index is 0.00433. The van der Waals surface area contributed by atoms with Crippen LogP contribution in [-0.2, 0) is 19.0 Å². The maximum atomic E-state index is 12.3. The van der Waals surface area contributed by atoms with Crippen LogP contribution in [-0.4, -0.2) is 59.5 Å². The number of hydrogen-bond acceptors (Lipinski definition) is 7. The van der Waals surface area contributed by atoms with Crippen LogP contribution in [0.2, 0.25) is 0 Å². The second-order valence-corrected chi connectivity index (χ2v) is 12.3. The van der Waals surface area contributed by atoms with Gasteiger partial charge in [0.05, 0.1) is 19.8 Å². The van der Waals surface area contributed by atoms with Crippen molar-refractivity contribution in [3.63, 3.8) is 0 Å². The van der Waals surface area contributed by atoms with Gasteiger partial charge in [-0.2, -0.15) is 0 Å². The molecule has 6 atom stereocenters. The Morgan fingerprint density at radius 3 is 2.68 bits per heavy atom. The summed E-state index contributed by atoms with van der Waals surface area (Å²) in [6.45, 7) is 2.65. The summed E-state index contributed by atoms with van der Waals surface area (Å²) in [5.74, 6) is 2.38. The van der Waals surface area contributed by atoms with Gasteiger partial charge in [-0.15, -0.1) is 0 Å². The molecular weight excluding hydrogens is 470 g/mol. The Morgan fingerprint density at radius 1 is 1.14 bits per heavy atom. The van der Waals surface area contributed by atoms with Gasteiger partial charge in [0.2, 0.25) is 5.76 Å². The molecule has 204 valence electrons. The van der Waals surface area contributed by atoms with Crippen molar-refractivity contribution in [3.8, 4) is 0 Å². The molecule has 0 bridgehead atoms. The number of carbonyl (C=O) groups excluding carboxylic acids is 1. The molecule has 4 fully saturated rings. The molecule has 37 heavy (non-hydrogen) atoms. The number of rotatable bonds is 5. The van der Waals surface area contributed by atoms with Gasteiger partial charge >= 0.3 is 5.97 Å². The van der Waals surface area contributed by atoms with Gasteiger partial charge in [-0.25, -0.2) is 4.79 Å². The zero-order valence-corrected chi connectivity index (χ0v) is 22.4. The van der Waals surface area contributed by atoms with E-state index in [1.54, 1.807) is 0 Å². The molecule has 7 heteroatoms. The zero-order chi connectivity index (χ0) is 25.7. The molecular formula is C30H43NO6. The molecule has 0 radical (unpaired) electrons. The van der Waals surface area contributed by atoms with Crippen LogP contribution in [0.15, 0.2) is 34.7 Å². The summed E-state index contributed by atoms with van der Waals surface area (Å²) in [7, 11) is 1.49. The molecule has 6 rings (SSSR count). The summed E-state index contributed by atoms with van der Waals surface area (Å²) in [5, 5.41) is 21.4. The molecule has 2 N–H and O–H groups in total. The molecule has 2 saturated carbocycles. The van der Waals surface area contributed by atoms with Crippen molar-refractivity contribution in [1.82, 2.24) is 4.90 Å². The lowest BCUT2D eigenvalue weighted by molar-refractivity contribution is -0.133. The van der Waals surface area contributed by atoms with E-state index in [0.717, 1.165) is 44.4 Å². The van der Waals surface area contributed by atoms with E-state index in [0.29, 0.717) is 22.9 Å². The van der Waals surface area contributed by atoms with Crippen LogP contribution in [0.3, 0.4) is 0 Å². The van der Waals surface area contributed by atoms with E-state index < -0.39 is 12.6 Å². The molecule has 4 heterocycles. The maximum absolute atomic E-state index is 12.3. The Hall–Kier alpha value is -1.83. The number of ether oxygens (including phenoxy) is 3. The Kier molecular flexibility index (Phi) is 6.91. The summed E-state index contributed by atoms with van der Waals surface area (Å²) in [6, 6.07) is 0.470. The van der Waals surface area contributed by atoms with E-state index in [1.165, 1.54) is 52.1 Å². The van der Waals surface area contributed by atoms with Gasteiger partial charge in [-0.1, -0.05) is 32.6 Å². The molecule has 1 spiro atoms. The highest BCUT2D eigenvalue weighted by atomic mass is 16.6. The molecule has 2 saturated heterocycles. The predicted molar refractivity (Wildman–Crippen MR) is 138 cm³/mol. The monoisotopic (exact) mass is 513 g/mol. The lowest BCUT2D eigenvalue weighted by Crippen LogP contribution is -2.55. The molecule has 6 unspecified atom stereocenters. The molecule has 0 aromatic carbocycles. The van der Waals surface area contributed by atoms with Crippen molar-refractivity contribution >= 4 is 5.97 Å². The number of esters is 1. The fraction of sp³-hybridized carbons (Fsp3) is 0.767. The highest BCUT2D eigenvalue weighted by molar-refractivity contribution is 5.94. The van der Waals surface area contributed by atoms with Crippen molar-refractivity contribution in [3.05, 3.63) is 34.7 Å². The SMILES string of the molecule is COC1=C(CO)C(=O)OC1=C1OC2=CCCN3C(C(O)CC4CCCC45CCCC5)CCCC3C2C1C. The average Bonchev–Trinajstić information content (AvgIpc) is 3.64. The zero-order valence-electron chi connectivity index (χ0n) is 22.4. The molecule has 0 amide bonds. The first-order valence-corrected chi connectivity index (χ1v) is 14.6. The van der Waals surface area contributed by atoms with Crippen molar-refractivity contribution < 1.29 is 29.2 Å². The van der Waals surface area contributed by atoms with Gasteiger partial charge in [0, 0.05) is 30.5 Å². The number of cyclic esters (lactones) is 1. The number of carbonyl (C=O) groups is 1. The molecule has 7 nitrogen and oxygen atoms in total. The average molecular weight is 514 g/mol. The maximum Gasteiger partial charge on any atom is 0.345 e. The van der Waals surface area contributed by atoms with Gasteiger partial charge in [-0.05, 0) is 68.8 Å². The van der Waals surface area contributed by atoms with Crippen LogP contribution in [0, 0.1) is 23.2 Å². The minimum Gasteiger partial charge on any atom is -0.492 e. The minimum atomic E-state index is -0.576. The van der Waals surface area contributed by atoms with Crippen molar-refractivity contribution in [2.75, 3.05) is 20.3 Å². The Balaban J connectivity index is 1.24. The number of nitrogens with zero attached hydrogens (tertiary/aromatic N) is 1. The third kappa shape index (κ3) is 4.16. The van der Waals surface area contributed by atoms with Gasteiger partial charge in [0.15, 0.2) is 11.5 Å². The van der Waals surface area contributed by atoms with Gasteiger partial charge in [0.1, 0.15) is 11.3 Å². The number of piperidine rings is 1. The Bertz CT molecular complexity index is 1000. The molecule has 0 aromatic heterocycles. The number of fused-ring (bicyclic) bond motifs is 3. The number of allylic oxidation sites excluding steroid dienone is 1. The van der Waals surface area contributed by atoms with Crippen LogP contribution >= 0.6 is 0 Å². The van der Waals surface area contributed by atoms with Gasteiger partial charge in [-0.3, -0.25) is 4.90 Å². The lowest BCUT2D eigenvalue weighted by atomic mass is 9.72. The summed E-state index contributed by atoms with van der Waals surface area (Å²) in [4.78, 5) is 14.9. The van der Waals surface area contributed by atoms with Crippen LogP contribution in [0.25, 0.3) is 0 Å². The first-order chi connectivity index (χ1) is 18.0. The summed E-state index contributed by atoms with van der Waals surface area (Å²) in [6.07, 6.45) is 16.4. The molecule has 2 aliphatic carbocycles. The van der Waals surface area contributed by atoms with E-state index in [9.17, 15) is 15.0 Å². The largest absolute Gasteiger partial charge is 0.492 e. The fourth-order valence-corrected chi connectivity index (χ4v) is 8.96. The standard InChI is InChI=1S/C30H43NO6/c1-18-25-22-10-5-9-21(23(33)16-19-8-6-14-30(19)12-3-4-13-30)31(22)15-7-11-24(25)36-26(18)28-27(35-2)20(17-32)29(34)37-28/h11,18-19,21-23,25,32-33H,3-10,12-17H2,1-2H3. The Morgan fingerprint density at radius 2 is 1.92 bits per heavy atom. The Labute approximate surface area is 220 Å². The van der Waals surface area contributed by atoms with Crippen LogP contribution < -0.4 is 0 Å². The third-order valence-electron chi connectivity index (χ3n) is 10.7. The van der Waals surface area contributed by atoms with Crippen molar-refractivity contribution in [1.29, 1.82) is 0 Å².